The van der Waals surface area contributed by atoms with Crippen molar-refractivity contribution in [2.75, 3.05) is 12.3 Å². The van der Waals surface area contributed by atoms with Crippen LogP contribution in [-0.2, 0) is 0 Å². The first-order valence-corrected chi connectivity index (χ1v) is 5.35. The van der Waals surface area contributed by atoms with E-state index in [1.807, 2.05) is 0 Å². The Balaban J connectivity index is 2.25. The zero-order valence-electron chi connectivity index (χ0n) is 9.36. The molecule has 0 spiro atoms. The Labute approximate surface area is 98.7 Å². The van der Waals surface area contributed by atoms with Crippen molar-refractivity contribution >= 4 is 22.5 Å². The molecule has 88 valence electrons. The topological polar surface area (TPSA) is 83.8 Å². The number of anilines is 1. The molecule has 2 aromatic rings. The molecule has 5 heteroatoms. The fraction of sp³-hybridized carbons (Fsp3) is 0.167. The van der Waals surface area contributed by atoms with E-state index < -0.39 is 0 Å². The Morgan fingerprint density at radius 1 is 1.59 bits per heavy atom. The van der Waals surface area contributed by atoms with Gasteiger partial charge in [0.25, 0.3) is 5.91 Å². The van der Waals surface area contributed by atoms with Crippen molar-refractivity contribution in [2.45, 2.75) is 6.42 Å². The van der Waals surface area contributed by atoms with Gasteiger partial charge in [0, 0.05) is 17.6 Å². The van der Waals surface area contributed by atoms with Crippen molar-refractivity contribution in [1.29, 1.82) is 0 Å². The molecule has 0 aliphatic heterocycles. The molecule has 1 aromatic heterocycles. The van der Waals surface area contributed by atoms with E-state index in [-0.39, 0.29) is 5.91 Å². The normalized spacial score (nSPS) is 10.4. The van der Waals surface area contributed by atoms with Crippen LogP contribution in [0, 0.1) is 0 Å². The van der Waals surface area contributed by atoms with Gasteiger partial charge >= 0.3 is 0 Å². The maximum Gasteiger partial charge on any atom is 0.272 e. The summed E-state index contributed by atoms with van der Waals surface area (Å²) in [6, 6.07) is 5.30. The fourth-order valence-electron chi connectivity index (χ4n) is 1.58. The van der Waals surface area contributed by atoms with Gasteiger partial charge in [0.1, 0.15) is 0 Å². The quantitative estimate of drug-likeness (QED) is 0.422. The summed E-state index contributed by atoms with van der Waals surface area (Å²) in [5.41, 5.74) is 7.47. The maximum atomic E-state index is 11.8. The Morgan fingerprint density at radius 3 is 3.18 bits per heavy atom. The average Bonchev–Trinajstić information content (AvgIpc) is 2.72. The van der Waals surface area contributed by atoms with Gasteiger partial charge in [-0.25, -0.2) is 0 Å². The number of rotatable bonds is 4. The molecule has 4 N–H and O–H groups in total. The van der Waals surface area contributed by atoms with Crippen LogP contribution in [-0.4, -0.2) is 22.6 Å². The zero-order chi connectivity index (χ0) is 12.3. The third-order valence-electron chi connectivity index (χ3n) is 2.44. The number of amides is 1. The van der Waals surface area contributed by atoms with Crippen LogP contribution in [0.4, 0.5) is 5.69 Å². The van der Waals surface area contributed by atoms with Gasteiger partial charge in [0.2, 0.25) is 0 Å². The number of carbonyl (C=O) groups excluding carboxylic acids is 1. The molecule has 0 radical (unpaired) electrons. The molecule has 0 fully saturated rings. The van der Waals surface area contributed by atoms with E-state index in [1.54, 1.807) is 24.3 Å². The van der Waals surface area contributed by atoms with Crippen molar-refractivity contribution in [3.8, 4) is 0 Å². The van der Waals surface area contributed by atoms with Crippen molar-refractivity contribution in [2.24, 2.45) is 0 Å². The van der Waals surface area contributed by atoms with Gasteiger partial charge in [-0.2, -0.15) is 5.10 Å². The van der Waals surface area contributed by atoms with E-state index in [0.717, 1.165) is 17.3 Å². The van der Waals surface area contributed by atoms with Gasteiger partial charge < -0.3 is 11.1 Å². The van der Waals surface area contributed by atoms with Gasteiger partial charge in [0.05, 0.1) is 5.52 Å². The molecule has 0 saturated carbocycles. The number of carbonyl (C=O) groups is 1. The van der Waals surface area contributed by atoms with E-state index in [2.05, 4.69) is 22.1 Å². The molecule has 0 aliphatic rings. The lowest BCUT2D eigenvalue weighted by molar-refractivity contribution is 0.0951. The van der Waals surface area contributed by atoms with E-state index in [1.165, 1.54) is 0 Å². The van der Waals surface area contributed by atoms with Crippen LogP contribution in [0.5, 0.6) is 0 Å². The lowest BCUT2D eigenvalue weighted by Gasteiger charge is -2.00. The molecule has 2 rings (SSSR count). The van der Waals surface area contributed by atoms with Gasteiger partial charge in [-0.1, -0.05) is 6.08 Å². The summed E-state index contributed by atoms with van der Waals surface area (Å²) in [5.74, 6) is -0.205. The Morgan fingerprint density at radius 2 is 2.41 bits per heavy atom. The summed E-state index contributed by atoms with van der Waals surface area (Å²) in [4.78, 5) is 11.8. The molecule has 0 aliphatic carbocycles. The van der Waals surface area contributed by atoms with Gasteiger partial charge in [-0.15, -0.1) is 6.58 Å². The number of nitrogens with two attached hydrogens (primary N) is 1. The third kappa shape index (κ3) is 2.28. The fourth-order valence-corrected chi connectivity index (χ4v) is 1.58. The van der Waals surface area contributed by atoms with Gasteiger partial charge in [-0.3, -0.25) is 9.89 Å². The van der Waals surface area contributed by atoms with Crippen molar-refractivity contribution in [1.82, 2.24) is 15.5 Å². The predicted molar refractivity (Wildman–Crippen MR) is 67.7 cm³/mol. The second-order valence-corrected chi connectivity index (χ2v) is 3.71. The molecule has 0 bridgehead atoms. The Hall–Kier alpha value is -2.30. The first-order chi connectivity index (χ1) is 8.22. The molecule has 1 amide bonds. The Bertz CT molecular complexity index is 559. The number of nitrogen functional groups attached to an aromatic ring is 1. The lowest BCUT2D eigenvalue weighted by atomic mass is 10.2. The highest BCUT2D eigenvalue weighted by atomic mass is 16.1. The predicted octanol–water partition coefficient (Wildman–Crippen LogP) is 1.45. The van der Waals surface area contributed by atoms with E-state index in [0.29, 0.717) is 17.9 Å². The van der Waals surface area contributed by atoms with Crippen LogP contribution in [0.2, 0.25) is 0 Å². The van der Waals surface area contributed by atoms with E-state index in [4.69, 9.17) is 5.73 Å². The van der Waals surface area contributed by atoms with Gasteiger partial charge in [-0.05, 0) is 24.6 Å². The van der Waals surface area contributed by atoms with E-state index >= 15 is 0 Å². The van der Waals surface area contributed by atoms with Crippen LogP contribution < -0.4 is 11.1 Å². The maximum absolute atomic E-state index is 11.8. The number of H-pyrrole nitrogens is 1. The standard InChI is InChI=1S/C12H14N4O/c1-2-3-6-14-12(17)11-9-7-8(13)4-5-10(9)15-16-11/h2,4-5,7H,1,3,6,13H2,(H,14,17)(H,15,16). The summed E-state index contributed by atoms with van der Waals surface area (Å²) in [6.07, 6.45) is 2.48. The first kappa shape index (κ1) is 11.2. The SMILES string of the molecule is C=CCCNC(=O)c1n[nH]c2ccc(N)cc12. The molecule has 0 atom stereocenters. The summed E-state index contributed by atoms with van der Waals surface area (Å²) < 4.78 is 0. The summed E-state index contributed by atoms with van der Waals surface area (Å²) in [7, 11) is 0. The second kappa shape index (κ2) is 4.69. The molecule has 0 saturated heterocycles. The van der Waals surface area contributed by atoms with Crippen LogP contribution >= 0.6 is 0 Å². The minimum atomic E-state index is -0.205. The van der Waals surface area contributed by atoms with Crippen LogP contribution in [0.3, 0.4) is 0 Å². The smallest absolute Gasteiger partial charge is 0.272 e. The zero-order valence-corrected chi connectivity index (χ0v) is 9.36. The van der Waals surface area contributed by atoms with Crippen molar-refractivity contribution < 1.29 is 4.79 Å². The molecule has 17 heavy (non-hydrogen) atoms. The number of nitrogens with one attached hydrogen (secondary N) is 2. The first-order valence-electron chi connectivity index (χ1n) is 5.35. The molecule has 5 nitrogen and oxygen atoms in total. The summed E-state index contributed by atoms with van der Waals surface area (Å²) >= 11 is 0. The number of hydrogen-bond acceptors (Lipinski definition) is 3. The third-order valence-corrected chi connectivity index (χ3v) is 2.44. The minimum Gasteiger partial charge on any atom is -0.399 e. The number of aromatic nitrogens is 2. The van der Waals surface area contributed by atoms with Crippen LogP contribution in [0.1, 0.15) is 16.9 Å². The molecule has 1 heterocycles. The minimum absolute atomic E-state index is 0.205. The highest BCUT2D eigenvalue weighted by molar-refractivity contribution is 6.05. The average molecular weight is 230 g/mol. The lowest BCUT2D eigenvalue weighted by Crippen LogP contribution is -2.24. The van der Waals surface area contributed by atoms with Gasteiger partial charge in [0.15, 0.2) is 5.69 Å². The highest BCUT2D eigenvalue weighted by Gasteiger charge is 2.13. The molecular formula is C12H14N4O. The van der Waals surface area contributed by atoms with Crippen molar-refractivity contribution in [3.63, 3.8) is 0 Å². The highest BCUT2D eigenvalue weighted by Crippen LogP contribution is 2.18. The number of fused-ring (bicyclic) bond motifs is 1. The van der Waals surface area contributed by atoms with Crippen LogP contribution in [0.25, 0.3) is 10.9 Å². The van der Waals surface area contributed by atoms with Crippen LogP contribution in [0.15, 0.2) is 30.9 Å². The number of aromatic amines is 1. The molecule has 0 unspecified atom stereocenters. The number of nitrogens with zero attached hydrogens (tertiary/aromatic N) is 1. The Kier molecular flexibility index (Phi) is 3.09. The molecular weight excluding hydrogens is 216 g/mol. The summed E-state index contributed by atoms with van der Waals surface area (Å²) in [6.45, 7) is 4.15. The largest absolute Gasteiger partial charge is 0.399 e. The molecule has 1 aromatic carbocycles. The summed E-state index contributed by atoms with van der Waals surface area (Å²) in [5, 5.41) is 10.3. The van der Waals surface area contributed by atoms with E-state index in [9.17, 15) is 4.79 Å². The monoisotopic (exact) mass is 230 g/mol. The van der Waals surface area contributed by atoms with Crippen molar-refractivity contribution in [3.05, 3.63) is 36.5 Å². The number of benzene rings is 1. The second-order valence-electron chi connectivity index (χ2n) is 3.71. The number of hydrogen-bond donors (Lipinski definition) is 3.